The highest BCUT2D eigenvalue weighted by molar-refractivity contribution is 7.93. The number of aryl methyl sites for hydroxylation is 1. The van der Waals surface area contributed by atoms with Gasteiger partial charge in [-0.2, -0.15) is 0 Å². The average Bonchev–Trinajstić information content (AvgIpc) is 3.14. The van der Waals surface area contributed by atoms with Crippen LogP contribution in [0.15, 0.2) is 28.6 Å². The highest BCUT2D eigenvalue weighted by atomic mass is 32.2. The summed E-state index contributed by atoms with van der Waals surface area (Å²) < 4.78 is 27.1. The van der Waals surface area contributed by atoms with Gasteiger partial charge < -0.3 is 5.32 Å². The van der Waals surface area contributed by atoms with E-state index in [1.165, 1.54) is 18.4 Å². The summed E-state index contributed by atoms with van der Waals surface area (Å²) in [5.74, 6) is 0. The summed E-state index contributed by atoms with van der Waals surface area (Å²) in [6.07, 6.45) is 2.41. The first-order chi connectivity index (χ1) is 10.0. The minimum absolute atomic E-state index is 0.246. The summed E-state index contributed by atoms with van der Waals surface area (Å²) in [4.78, 5) is 0.246. The van der Waals surface area contributed by atoms with E-state index < -0.39 is 10.0 Å². The molecule has 6 nitrogen and oxygen atoms in total. The van der Waals surface area contributed by atoms with E-state index in [9.17, 15) is 8.42 Å². The van der Waals surface area contributed by atoms with E-state index >= 15 is 0 Å². The van der Waals surface area contributed by atoms with Crippen molar-refractivity contribution in [1.82, 2.24) is 15.5 Å². The van der Waals surface area contributed by atoms with Gasteiger partial charge in [0.1, 0.15) is 5.51 Å². The second-order valence-electron chi connectivity index (χ2n) is 5.09. The van der Waals surface area contributed by atoms with Crippen LogP contribution in [0.3, 0.4) is 0 Å². The van der Waals surface area contributed by atoms with Crippen LogP contribution in [0.2, 0.25) is 0 Å². The van der Waals surface area contributed by atoms with Gasteiger partial charge in [-0.05, 0) is 43.0 Å². The van der Waals surface area contributed by atoms with Crippen LogP contribution in [-0.2, 0) is 16.6 Å². The van der Waals surface area contributed by atoms with Crippen LogP contribution in [0, 0.1) is 6.92 Å². The number of hydrogen-bond acceptors (Lipinski definition) is 6. The van der Waals surface area contributed by atoms with Crippen LogP contribution in [0.5, 0.6) is 0 Å². The van der Waals surface area contributed by atoms with Crippen LogP contribution in [0.25, 0.3) is 0 Å². The van der Waals surface area contributed by atoms with E-state index in [-0.39, 0.29) is 10.0 Å². The third kappa shape index (κ3) is 3.58. The van der Waals surface area contributed by atoms with Gasteiger partial charge in [0, 0.05) is 12.6 Å². The van der Waals surface area contributed by atoms with Gasteiger partial charge in [-0.1, -0.05) is 17.4 Å². The average molecular weight is 324 g/mol. The fourth-order valence-electron chi connectivity index (χ4n) is 1.94. The molecule has 0 saturated heterocycles. The second-order valence-corrected chi connectivity index (χ2v) is 7.61. The molecular weight excluding hydrogens is 308 g/mol. The van der Waals surface area contributed by atoms with Gasteiger partial charge in [0.15, 0.2) is 0 Å². The highest BCUT2D eigenvalue weighted by Crippen LogP contribution is 2.22. The largest absolute Gasteiger partial charge is 0.310 e. The maximum Gasteiger partial charge on any atom is 0.263 e. The SMILES string of the molecule is Cc1ccc(S(=O)(=O)Nc2nncs2)cc1CNC1CC1. The zero-order valence-corrected chi connectivity index (χ0v) is 13.2. The number of rotatable bonds is 6. The third-order valence-corrected chi connectivity index (χ3v) is 5.44. The second kappa shape index (κ2) is 5.70. The number of aromatic nitrogens is 2. The Morgan fingerprint density at radius 3 is 2.86 bits per heavy atom. The molecule has 8 heteroatoms. The fourth-order valence-corrected chi connectivity index (χ4v) is 3.68. The molecule has 0 atom stereocenters. The molecule has 0 aliphatic heterocycles. The van der Waals surface area contributed by atoms with Crippen LogP contribution in [-0.4, -0.2) is 24.7 Å². The van der Waals surface area contributed by atoms with Crippen LogP contribution >= 0.6 is 11.3 Å². The number of benzene rings is 1. The summed E-state index contributed by atoms with van der Waals surface area (Å²) in [5.41, 5.74) is 3.57. The Morgan fingerprint density at radius 2 is 2.19 bits per heavy atom. The molecule has 0 spiro atoms. The lowest BCUT2D eigenvalue weighted by atomic mass is 10.1. The first-order valence-electron chi connectivity index (χ1n) is 6.66. The van der Waals surface area contributed by atoms with Gasteiger partial charge in [0.2, 0.25) is 5.13 Å². The maximum absolute atomic E-state index is 12.3. The van der Waals surface area contributed by atoms with Crippen molar-refractivity contribution in [3.63, 3.8) is 0 Å². The quantitative estimate of drug-likeness (QED) is 0.848. The van der Waals surface area contributed by atoms with Gasteiger partial charge in [-0.15, -0.1) is 10.2 Å². The summed E-state index contributed by atoms with van der Waals surface area (Å²) in [6, 6.07) is 5.75. The Hall–Kier alpha value is -1.51. The normalized spacial score (nSPS) is 15.1. The van der Waals surface area contributed by atoms with Crippen molar-refractivity contribution in [2.75, 3.05) is 4.72 Å². The molecule has 1 heterocycles. The molecule has 1 saturated carbocycles. The molecule has 0 unspecified atom stereocenters. The number of nitrogens with one attached hydrogen (secondary N) is 2. The third-order valence-electron chi connectivity index (χ3n) is 3.37. The van der Waals surface area contributed by atoms with E-state index in [0.29, 0.717) is 12.6 Å². The van der Waals surface area contributed by atoms with Gasteiger partial charge in [-0.25, -0.2) is 8.42 Å². The first-order valence-corrected chi connectivity index (χ1v) is 9.03. The molecule has 112 valence electrons. The van der Waals surface area contributed by atoms with E-state index in [1.807, 2.05) is 13.0 Å². The summed E-state index contributed by atoms with van der Waals surface area (Å²) >= 11 is 1.15. The monoisotopic (exact) mass is 324 g/mol. The van der Waals surface area contributed by atoms with Gasteiger partial charge in [-0.3, -0.25) is 4.72 Å². The lowest BCUT2D eigenvalue weighted by Crippen LogP contribution is -2.17. The zero-order valence-electron chi connectivity index (χ0n) is 11.5. The molecule has 2 aromatic rings. The topological polar surface area (TPSA) is 84.0 Å². The van der Waals surface area contributed by atoms with Gasteiger partial charge in [0.25, 0.3) is 10.0 Å². The molecule has 1 aliphatic carbocycles. The number of sulfonamides is 1. The molecule has 0 radical (unpaired) electrons. The van der Waals surface area contributed by atoms with Crippen LogP contribution in [0.1, 0.15) is 24.0 Å². The van der Waals surface area contributed by atoms with Crippen LogP contribution < -0.4 is 10.0 Å². The van der Waals surface area contributed by atoms with Crippen LogP contribution in [0.4, 0.5) is 5.13 Å². The molecule has 21 heavy (non-hydrogen) atoms. The standard InChI is InChI=1S/C13H16N4O2S2/c1-9-2-5-12(6-10(9)7-14-11-3-4-11)21(18,19)17-13-16-15-8-20-13/h2,5-6,8,11,14H,3-4,7H2,1H3,(H,16,17). The van der Waals surface area contributed by atoms with Crippen molar-refractivity contribution in [3.8, 4) is 0 Å². The first kappa shape index (κ1) is 14.4. The summed E-state index contributed by atoms with van der Waals surface area (Å²) in [5, 5.41) is 11.0. The minimum Gasteiger partial charge on any atom is -0.310 e. The Morgan fingerprint density at radius 1 is 1.38 bits per heavy atom. The Bertz CT molecular complexity index is 725. The lowest BCUT2D eigenvalue weighted by molar-refractivity contribution is 0.600. The smallest absolute Gasteiger partial charge is 0.263 e. The molecule has 3 rings (SSSR count). The summed E-state index contributed by atoms with van der Waals surface area (Å²) in [6.45, 7) is 2.68. The highest BCUT2D eigenvalue weighted by Gasteiger charge is 2.21. The number of anilines is 1. The van der Waals surface area contributed by atoms with Crippen molar-refractivity contribution >= 4 is 26.5 Å². The van der Waals surface area contributed by atoms with Crippen molar-refractivity contribution in [1.29, 1.82) is 0 Å². The predicted octanol–water partition coefficient (Wildman–Crippen LogP) is 1.90. The molecule has 1 aromatic carbocycles. The van der Waals surface area contributed by atoms with Crippen molar-refractivity contribution in [2.45, 2.75) is 37.2 Å². The van der Waals surface area contributed by atoms with Crippen molar-refractivity contribution in [2.24, 2.45) is 0 Å². The maximum atomic E-state index is 12.3. The van der Waals surface area contributed by atoms with Gasteiger partial charge in [0.05, 0.1) is 4.90 Å². The lowest BCUT2D eigenvalue weighted by Gasteiger charge is -2.10. The molecule has 1 fully saturated rings. The fraction of sp³-hybridized carbons (Fsp3) is 0.385. The minimum atomic E-state index is -3.62. The molecule has 0 amide bonds. The Labute approximate surface area is 127 Å². The molecule has 1 aliphatic rings. The van der Waals surface area contributed by atoms with E-state index in [4.69, 9.17) is 0 Å². The molecule has 1 aromatic heterocycles. The van der Waals surface area contributed by atoms with Crippen molar-refractivity contribution < 1.29 is 8.42 Å². The predicted molar refractivity (Wildman–Crippen MR) is 81.8 cm³/mol. The zero-order chi connectivity index (χ0) is 14.9. The molecule has 0 bridgehead atoms. The molecule has 2 N–H and O–H groups in total. The van der Waals surface area contributed by atoms with Gasteiger partial charge >= 0.3 is 0 Å². The summed E-state index contributed by atoms with van der Waals surface area (Å²) in [7, 11) is -3.62. The van der Waals surface area contributed by atoms with E-state index in [2.05, 4.69) is 20.2 Å². The van der Waals surface area contributed by atoms with E-state index in [0.717, 1.165) is 22.5 Å². The molecular formula is C13H16N4O2S2. The Kier molecular flexibility index (Phi) is 3.92. The number of hydrogen-bond donors (Lipinski definition) is 2. The van der Waals surface area contributed by atoms with Crippen molar-refractivity contribution in [3.05, 3.63) is 34.8 Å². The number of nitrogens with zero attached hydrogens (tertiary/aromatic N) is 2. The van der Waals surface area contributed by atoms with E-state index in [1.54, 1.807) is 12.1 Å². The Balaban J connectivity index is 1.81.